The zero-order valence-corrected chi connectivity index (χ0v) is 13.1. The summed E-state index contributed by atoms with van der Waals surface area (Å²) in [6, 6.07) is 9.04. The SMILES string of the molecule is CCNC(c1ccc(C)nc1)c1cc(C)c(C)cc1C. The molecule has 0 aliphatic carbocycles. The second-order valence-corrected chi connectivity index (χ2v) is 5.52. The molecule has 0 radical (unpaired) electrons. The average molecular weight is 268 g/mol. The van der Waals surface area contributed by atoms with Crippen LogP contribution < -0.4 is 5.32 Å². The molecule has 0 aliphatic heterocycles. The van der Waals surface area contributed by atoms with E-state index in [1.165, 1.54) is 27.8 Å². The molecule has 0 bridgehead atoms. The molecular formula is C18H24N2. The number of rotatable bonds is 4. The van der Waals surface area contributed by atoms with E-state index in [-0.39, 0.29) is 6.04 Å². The van der Waals surface area contributed by atoms with Crippen LogP contribution in [0.3, 0.4) is 0 Å². The van der Waals surface area contributed by atoms with Crippen molar-refractivity contribution in [2.75, 3.05) is 6.54 Å². The Labute approximate surface area is 122 Å². The fourth-order valence-electron chi connectivity index (χ4n) is 2.56. The highest BCUT2D eigenvalue weighted by Gasteiger charge is 2.16. The predicted octanol–water partition coefficient (Wildman–Crippen LogP) is 4.01. The second-order valence-electron chi connectivity index (χ2n) is 5.52. The van der Waals surface area contributed by atoms with Gasteiger partial charge in [0.2, 0.25) is 0 Å². The van der Waals surface area contributed by atoms with Crippen LogP contribution in [-0.2, 0) is 0 Å². The Kier molecular flexibility index (Phi) is 4.56. The van der Waals surface area contributed by atoms with Crippen LogP contribution >= 0.6 is 0 Å². The van der Waals surface area contributed by atoms with E-state index in [2.05, 4.69) is 62.3 Å². The van der Waals surface area contributed by atoms with E-state index in [1.54, 1.807) is 0 Å². The van der Waals surface area contributed by atoms with E-state index < -0.39 is 0 Å². The highest BCUT2D eigenvalue weighted by molar-refractivity contribution is 5.42. The van der Waals surface area contributed by atoms with E-state index in [0.29, 0.717) is 0 Å². The molecule has 1 unspecified atom stereocenters. The first kappa shape index (κ1) is 14.7. The zero-order valence-electron chi connectivity index (χ0n) is 13.1. The molecule has 106 valence electrons. The maximum Gasteiger partial charge on any atom is 0.0594 e. The van der Waals surface area contributed by atoms with E-state index in [9.17, 15) is 0 Å². The van der Waals surface area contributed by atoms with Gasteiger partial charge in [-0.05, 0) is 68.1 Å². The number of aromatic nitrogens is 1. The fraction of sp³-hybridized carbons (Fsp3) is 0.389. The smallest absolute Gasteiger partial charge is 0.0594 e. The average Bonchev–Trinajstić information content (AvgIpc) is 2.42. The normalized spacial score (nSPS) is 12.4. The molecule has 0 saturated heterocycles. The van der Waals surface area contributed by atoms with Gasteiger partial charge >= 0.3 is 0 Å². The molecule has 2 aromatic rings. The van der Waals surface area contributed by atoms with E-state index in [0.717, 1.165) is 12.2 Å². The van der Waals surface area contributed by atoms with Gasteiger partial charge in [0.1, 0.15) is 0 Å². The number of hydrogen-bond donors (Lipinski definition) is 1. The third kappa shape index (κ3) is 3.07. The number of hydrogen-bond acceptors (Lipinski definition) is 2. The van der Waals surface area contributed by atoms with Crippen LogP contribution in [0, 0.1) is 27.7 Å². The molecule has 1 aromatic heterocycles. The van der Waals surface area contributed by atoms with Crippen molar-refractivity contribution >= 4 is 0 Å². The van der Waals surface area contributed by atoms with Gasteiger partial charge in [0, 0.05) is 11.9 Å². The van der Waals surface area contributed by atoms with Crippen LogP contribution in [0.2, 0.25) is 0 Å². The molecule has 1 heterocycles. The van der Waals surface area contributed by atoms with Gasteiger partial charge in [-0.3, -0.25) is 4.98 Å². The van der Waals surface area contributed by atoms with Crippen molar-refractivity contribution < 1.29 is 0 Å². The van der Waals surface area contributed by atoms with Gasteiger partial charge in [-0.25, -0.2) is 0 Å². The highest BCUT2D eigenvalue weighted by Crippen LogP contribution is 2.27. The maximum absolute atomic E-state index is 4.44. The zero-order chi connectivity index (χ0) is 14.7. The van der Waals surface area contributed by atoms with Gasteiger partial charge in [0.25, 0.3) is 0 Å². The van der Waals surface area contributed by atoms with E-state index in [4.69, 9.17) is 0 Å². The molecule has 0 fully saturated rings. The van der Waals surface area contributed by atoms with E-state index in [1.807, 2.05) is 13.1 Å². The van der Waals surface area contributed by atoms with Crippen LogP contribution in [0.5, 0.6) is 0 Å². The number of nitrogens with one attached hydrogen (secondary N) is 1. The van der Waals surface area contributed by atoms with Crippen molar-refractivity contribution in [1.82, 2.24) is 10.3 Å². The summed E-state index contributed by atoms with van der Waals surface area (Å²) < 4.78 is 0. The number of aryl methyl sites for hydroxylation is 4. The molecule has 0 spiro atoms. The Morgan fingerprint density at radius 1 is 1.00 bits per heavy atom. The van der Waals surface area contributed by atoms with Gasteiger partial charge in [-0.2, -0.15) is 0 Å². The van der Waals surface area contributed by atoms with Gasteiger partial charge in [-0.15, -0.1) is 0 Å². The molecule has 1 N–H and O–H groups in total. The molecule has 20 heavy (non-hydrogen) atoms. The summed E-state index contributed by atoms with van der Waals surface area (Å²) in [4.78, 5) is 4.44. The number of pyridine rings is 1. The first-order chi connectivity index (χ1) is 9.52. The van der Waals surface area contributed by atoms with Crippen LogP contribution in [0.15, 0.2) is 30.5 Å². The lowest BCUT2D eigenvalue weighted by Gasteiger charge is -2.22. The van der Waals surface area contributed by atoms with Gasteiger partial charge < -0.3 is 5.32 Å². The van der Waals surface area contributed by atoms with Gasteiger partial charge in [0.05, 0.1) is 6.04 Å². The Balaban J connectivity index is 2.48. The minimum Gasteiger partial charge on any atom is -0.306 e. The lowest BCUT2D eigenvalue weighted by Crippen LogP contribution is -2.23. The van der Waals surface area contributed by atoms with Crippen molar-refractivity contribution in [3.63, 3.8) is 0 Å². The standard InChI is InChI=1S/C18H24N2/c1-6-19-18(16-8-7-15(5)20-11-16)17-10-13(3)12(2)9-14(17)4/h7-11,18-19H,6H2,1-5H3. The molecule has 0 saturated carbocycles. The molecule has 2 rings (SSSR count). The summed E-state index contributed by atoms with van der Waals surface area (Å²) in [7, 11) is 0. The quantitative estimate of drug-likeness (QED) is 0.906. The summed E-state index contributed by atoms with van der Waals surface area (Å²) in [6.07, 6.45) is 1.98. The summed E-state index contributed by atoms with van der Waals surface area (Å²) in [6.45, 7) is 11.6. The van der Waals surface area contributed by atoms with Crippen molar-refractivity contribution in [2.45, 2.75) is 40.7 Å². The molecule has 2 heteroatoms. The topological polar surface area (TPSA) is 24.9 Å². The molecule has 0 amide bonds. The predicted molar refractivity (Wildman–Crippen MR) is 85.1 cm³/mol. The monoisotopic (exact) mass is 268 g/mol. The first-order valence-corrected chi connectivity index (χ1v) is 7.26. The Hall–Kier alpha value is -1.67. The largest absolute Gasteiger partial charge is 0.306 e. The third-order valence-electron chi connectivity index (χ3n) is 3.87. The van der Waals surface area contributed by atoms with Crippen molar-refractivity contribution in [1.29, 1.82) is 0 Å². The van der Waals surface area contributed by atoms with Gasteiger partial charge in [-0.1, -0.05) is 25.1 Å². The highest BCUT2D eigenvalue weighted by atomic mass is 14.9. The van der Waals surface area contributed by atoms with Crippen molar-refractivity contribution in [3.8, 4) is 0 Å². The Morgan fingerprint density at radius 3 is 2.30 bits per heavy atom. The van der Waals surface area contributed by atoms with Crippen molar-refractivity contribution in [3.05, 3.63) is 64.0 Å². The first-order valence-electron chi connectivity index (χ1n) is 7.26. The maximum atomic E-state index is 4.44. The van der Waals surface area contributed by atoms with Gasteiger partial charge in [0.15, 0.2) is 0 Å². The minimum atomic E-state index is 0.215. The van der Waals surface area contributed by atoms with Crippen LogP contribution in [0.25, 0.3) is 0 Å². The molecule has 0 aliphatic rings. The fourth-order valence-corrected chi connectivity index (χ4v) is 2.56. The Morgan fingerprint density at radius 2 is 1.70 bits per heavy atom. The van der Waals surface area contributed by atoms with Crippen molar-refractivity contribution in [2.24, 2.45) is 0 Å². The van der Waals surface area contributed by atoms with Crippen LogP contribution in [-0.4, -0.2) is 11.5 Å². The summed E-state index contributed by atoms with van der Waals surface area (Å²) in [5.74, 6) is 0. The molecule has 1 atom stereocenters. The molecule has 1 aromatic carbocycles. The second kappa shape index (κ2) is 6.19. The number of benzene rings is 1. The third-order valence-corrected chi connectivity index (χ3v) is 3.87. The minimum absolute atomic E-state index is 0.215. The lowest BCUT2D eigenvalue weighted by molar-refractivity contribution is 0.625. The Bertz CT molecular complexity index is 585. The molecular weight excluding hydrogens is 244 g/mol. The number of nitrogens with zero attached hydrogens (tertiary/aromatic N) is 1. The summed E-state index contributed by atoms with van der Waals surface area (Å²) >= 11 is 0. The summed E-state index contributed by atoms with van der Waals surface area (Å²) in [5.41, 5.74) is 7.65. The summed E-state index contributed by atoms with van der Waals surface area (Å²) in [5, 5.41) is 3.58. The lowest BCUT2D eigenvalue weighted by atomic mass is 9.92. The van der Waals surface area contributed by atoms with Crippen LogP contribution in [0.1, 0.15) is 46.5 Å². The van der Waals surface area contributed by atoms with E-state index >= 15 is 0 Å². The van der Waals surface area contributed by atoms with Crippen LogP contribution in [0.4, 0.5) is 0 Å². The molecule has 2 nitrogen and oxygen atoms in total.